The third-order valence-electron chi connectivity index (χ3n) is 4.72. The van der Waals surface area contributed by atoms with E-state index in [1.54, 1.807) is 11.3 Å². The number of nitrogens with zero attached hydrogens (tertiary/aromatic N) is 2. The van der Waals surface area contributed by atoms with Gasteiger partial charge >= 0.3 is 0 Å². The van der Waals surface area contributed by atoms with Gasteiger partial charge in [0.25, 0.3) is 11.5 Å². The molecule has 1 aliphatic carbocycles. The van der Waals surface area contributed by atoms with Crippen LogP contribution in [0.3, 0.4) is 0 Å². The highest BCUT2D eigenvalue weighted by atomic mass is 32.1. The van der Waals surface area contributed by atoms with Gasteiger partial charge in [-0.2, -0.15) is 0 Å². The van der Waals surface area contributed by atoms with Crippen LogP contribution in [-0.2, 0) is 12.8 Å². The van der Waals surface area contributed by atoms with E-state index in [-0.39, 0.29) is 11.5 Å². The van der Waals surface area contributed by atoms with Crippen molar-refractivity contribution in [2.24, 2.45) is 0 Å². The molecule has 4 heterocycles. The summed E-state index contributed by atoms with van der Waals surface area (Å²) >= 11 is 4.55. The standard InChI is InChI=1S/C19H15N3O2S3/c23-17(15-8-11-4-1-2-5-13(11)27-15)21-22-10-20-18-16(19(22)24)12(9-26-18)14-6-3-7-25-14/h3,6-10H,1-2,4-5H2,(H,21,23). The van der Waals surface area contributed by atoms with E-state index in [4.69, 9.17) is 0 Å². The van der Waals surface area contributed by atoms with Crippen molar-refractivity contribution in [1.29, 1.82) is 0 Å². The highest BCUT2D eigenvalue weighted by molar-refractivity contribution is 7.18. The Morgan fingerprint density at radius 2 is 2.11 bits per heavy atom. The lowest BCUT2D eigenvalue weighted by Crippen LogP contribution is -2.32. The van der Waals surface area contributed by atoms with Crippen LogP contribution >= 0.6 is 34.0 Å². The minimum atomic E-state index is -0.259. The number of carbonyl (C=O) groups is 1. The largest absolute Gasteiger partial charge is 0.281 e. The molecule has 0 unspecified atom stereocenters. The molecule has 1 amide bonds. The first-order valence-corrected chi connectivity index (χ1v) is 11.2. The normalized spacial score (nSPS) is 13.6. The number of fused-ring (bicyclic) bond motifs is 2. The fraction of sp³-hybridized carbons (Fsp3) is 0.211. The van der Waals surface area contributed by atoms with Crippen LogP contribution in [-0.4, -0.2) is 15.6 Å². The molecule has 0 saturated carbocycles. The van der Waals surface area contributed by atoms with Crippen LogP contribution in [0.15, 0.2) is 40.1 Å². The summed E-state index contributed by atoms with van der Waals surface area (Å²) in [5.41, 5.74) is 4.61. The molecule has 4 aromatic rings. The van der Waals surface area contributed by atoms with Crippen molar-refractivity contribution in [3.05, 3.63) is 61.0 Å². The zero-order valence-corrected chi connectivity index (χ0v) is 16.7. The molecular weight excluding hydrogens is 398 g/mol. The Morgan fingerprint density at radius 1 is 1.22 bits per heavy atom. The third-order valence-corrected chi connectivity index (χ3v) is 7.75. The molecule has 1 N–H and O–H groups in total. The van der Waals surface area contributed by atoms with Gasteiger partial charge < -0.3 is 0 Å². The van der Waals surface area contributed by atoms with Gasteiger partial charge in [0.1, 0.15) is 11.2 Å². The molecule has 27 heavy (non-hydrogen) atoms. The zero-order chi connectivity index (χ0) is 18.4. The summed E-state index contributed by atoms with van der Waals surface area (Å²) in [6.45, 7) is 0. The van der Waals surface area contributed by atoms with Crippen molar-refractivity contribution in [3.8, 4) is 10.4 Å². The molecule has 136 valence electrons. The van der Waals surface area contributed by atoms with Crippen LogP contribution in [0.2, 0.25) is 0 Å². The molecule has 0 fully saturated rings. The van der Waals surface area contributed by atoms with Crippen LogP contribution in [0.25, 0.3) is 20.7 Å². The minimum Gasteiger partial charge on any atom is -0.267 e. The molecule has 0 atom stereocenters. The van der Waals surface area contributed by atoms with Gasteiger partial charge in [-0.1, -0.05) is 6.07 Å². The van der Waals surface area contributed by atoms with E-state index >= 15 is 0 Å². The first-order valence-electron chi connectivity index (χ1n) is 8.66. The van der Waals surface area contributed by atoms with Gasteiger partial charge in [0.05, 0.1) is 10.3 Å². The molecule has 4 aromatic heterocycles. The Kier molecular flexibility index (Phi) is 4.18. The molecule has 0 saturated heterocycles. The second kappa shape index (κ2) is 6.70. The Morgan fingerprint density at radius 3 is 2.93 bits per heavy atom. The van der Waals surface area contributed by atoms with E-state index in [9.17, 15) is 9.59 Å². The van der Waals surface area contributed by atoms with Crippen molar-refractivity contribution in [2.45, 2.75) is 25.7 Å². The third kappa shape index (κ3) is 2.93. The van der Waals surface area contributed by atoms with E-state index in [0.717, 1.165) is 23.3 Å². The SMILES string of the molecule is O=C(Nn1cnc2scc(-c3cccs3)c2c1=O)c1cc2c(s1)CCCC2. The number of nitrogens with one attached hydrogen (secondary N) is 1. The lowest BCUT2D eigenvalue weighted by molar-refractivity contribution is 0.101. The summed E-state index contributed by atoms with van der Waals surface area (Å²) in [4.78, 5) is 33.7. The quantitative estimate of drug-likeness (QED) is 0.537. The van der Waals surface area contributed by atoms with Crippen LogP contribution in [0.4, 0.5) is 0 Å². The molecule has 0 radical (unpaired) electrons. The fourth-order valence-corrected chi connectivity index (χ4v) is 6.26. The van der Waals surface area contributed by atoms with Crippen molar-refractivity contribution in [1.82, 2.24) is 9.66 Å². The lowest BCUT2D eigenvalue weighted by atomic mass is 9.99. The van der Waals surface area contributed by atoms with Crippen LogP contribution in [0, 0.1) is 0 Å². The highest BCUT2D eigenvalue weighted by Gasteiger charge is 2.19. The predicted octanol–water partition coefficient (Wildman–Crippen LogP) is 4.51. The molecule has 8 heteroatoms. The van der Waals surface area contributed by atoms with Gasteiger partial charge in [-0.25, -0.2) is 9.66 Å². The Hall–Kier alpha value is -2.29. The predicted molar refractivity (Wildman–Crippen MR) is 112 cm³/mol. The van der Waals surface area contributed by atoms with E-state index < -0.39 is 0 Å². The van der Waals surface area contributed by atoms with Gasteiger partial charge in [-0.05, 0) is 48.8 Å². The molecule has 0 aliphatic heterocycles. The maximum atomic E-state index is 13.0. The number of hydrogen-bond acceptors (Lipinski definition) is 6. The van der Waals surface area contributed by atoms with Gasteiger partial charge in [0.2, 0.25) is 0 Å². The summed E-state index contributed by atoms with van der Waals surface area (Å²) in [6.07, 6.45) is 5.82. The molecule has 5 rings (SSSR count). The molecule has 1 aliphatic rings. The average molecular weight is 414 g/mol. The molecular formula is C19H15N3O2S3. The number of amides is 1. The Bertz CT molecular complexity index is 1180. The van der Waals surface area contributed by atoms with E-state index in [0.29, 0.717) is 15.1 Å². The molecule has 0 aromatic carbocycles. The number of carbonyl (C=O) groups excluding carboxylic acids is 1. The van der Waals surface area contributed by atoms with Crippen molar-refractivity contribution in [3.63, 3.8) is 0 Å². The topological polar surface area (TPSA) is 64.0 Å². The van der Waals surface area contributed by atoms with E-state index in [2.05, 4.69) is 10.4 Å². The fourth-order valence-electron chi connectivity index (χ4n) is 3.39. The number of aryl methyl sites for hydroxylation is 2. The number of thiophene rings is 3. The van der Waals surface area contributed by atoms with Gasteiger partial charge in [-0.3, -0.25) is 15.0 Å². The molecule has 0 bridgehead atoms. The molecule has 0 spiro atoms. The maximum Gasteiger partial charge on any atom is 0.281 e. The zero-order valence-electron chi connectivity index (χ0n) is 14.2. The second-order valence-corrected chi connectivity index (χ2v) is 9.38. The summed E-state index contributed by atoms with van der Waals surface area (Å²) in [7, 11) is 0. The Labute approximate surface area is 166 Å². The Balaban J connectivity index is 1.51. The van der Waals surface area contributed by atoms with Crippen molar-refractivity contribution in [2.75, 3.05) is 5.43 Å². The summed E-state index contributed by atoms with van der Waals surface area (Å²) < 4.78 is 1.20. The second-order valence-electron chi connectivity index (χ2n) is 6.43. The van der Waals surface area contributed by atoms with Crippen LogP contribution < -0.4 is 11.0 Å². The van der Waals surface area contributed by atoms with Gasteiger partial charge in [0, 0.05) is 20.7 Å². The summed E-state index contributed by atoms with van der Waals surface area (Å²) in [6, 6.07) is 5.91. The maximum absolute atomic E-state index is 13.0. The number of hydrogen-bond donors (Lipinski definition) is 1. The first kappa shape index (κ1) is 16.9. The number of aromatic nitrogens is 2. The van der Waals surface area contributed by atoms with E-state index in [1.807, 2.05) is 29.0 Å². The smallest absolute Gasteiger partial charge is 0.267 e. The van der Waals surface area contributed by atoms with Crippen molar-refractivity contribution >= 4 is 50.1 Å². The summed E-state index contributed by atoms with van der Waals surface area (Å²) in [5.74, 6) is -0.259. The van der Waals surface area contributed by atoms with Gasteiger partial charge in [0.15, 0.2) is 0 Å². The van der Waals surface area contributed by atoms with E-state index in [1.165, 1.54) is 57.0 Å². The number of rotatable bonds is 3. The molecule has 5 nitrogen and oxygen atoms in total. The minimum absolute atomic E-state index is 0.251. The lowest BCUT2D eigenvalue weighted by Gasteiger charge is -2.08. The first-order chi connectivity index (χ1) is 13.2. The summed E-state index contributed by atoms with van der Waals surface area (Å²) in [5, 5.41) is 4.48. The average Bonchev–Trinajstić information content (AvgIpc) is 3.42. The highest BCUT2D eigenvalue weighted by Crippen LogP contribution is 2.33. The monoisotopic (exact) mass is 413 g/mol. The van der Waals surface area contributed by atoms with Crippen molar-refractivity contribution < 1.29 is 4.79 Å². The van der Waals surface area contributed by atoms with Crippen LogP contribution in [0.5, 0.6) is 0 Å². The van der Waals surface area contributed by atoms with Gasteiger partial charge in [-0.15, -0.1) is 34.0 Å². The van der Waals surface area contributed by atoms with Crippen LogP contribution in [0.1, 0.15) is 33.0 Å².